The monoisotopic (exact) mass is 308 g/mol. The number of ether oxygens (including phenoxy) is 1. The highest BCUT2D eigenvalue weighted by molar-refractivity contribution is 7.14. The average molecular weight is 308 g/mol. The van der Waals surface area contributed by atoms with Crippen LogP contribution in [0, 0.1) is 0 Å². The van der Waals surface area contributed by atoms with Crippen molar-refractivity contribution in [2.75, 3.05) is 20.3 Å². The van der Waals surface area contributed by atoms with E-state index in [-0.39, 0.29) is 11.8 Å². The minimum Gasteiger partial charge on any atom is -0.461 e. The van der Waals surface area contributed by atoms with Gasteiger partial charge in [0.05, 0.1) is 24.3 Å². The molecule has 0 atom stereocenters. The van der Waals surface area contributed by atoms with Gasteiger partial charge in [-0.15, -0.1) is 11.3 Å². The second-order valence-corrected chi connectivity index (χ2v) is 5.34. The number of methoxy groups -OCH3 is 1. The smallest absolute Gasteiger partial charge is 0.315 e. The number of furan rings is 1. The molecule has 0 aromatic carbocycles. The first kappa shape index (κ1) is 15.3. The van der Waals surface area contributed by atoms with Crippen molar-refractivity contribution in [3.63, 3.8) is 0 Å². The standard InChI is InChI=1S/C14H16N2O4S/c1-19-8-6-15-14(18)16-9-10-4-5-12(21-10)13(17)11-3-2-7-20-11/h2-5,7H,6,8-9H2,1H3,(H2,15,16,18). The number of hydrogen-bond donors (Lipinski definition) is 2. The molecule has 2 aromatic heterocycles. The maximum absolute atomic E-state index is 12.0. The van der Waals surface area contributed by atoms with Gasteiger partial charge in [-0.05, 0) is 24.3 Å². The largest absolute Gasteiger partial charge is 0.461 e. The number of carbonyl (C=O) groups is 2. The van der Waals surface area contributed by atoms with E-state index in [0.717, 1.165) is 4.88 Å². The molecular formula is C14H16N2O4S. The number of ketones is 1. The topological polar surface area (TPSA) is 80.6 Å². The third-order valence-corrected chi connectivity index (χ3v) is 3.73. The van der Waals surface area contributed by atoms with Gasteiger partial charge in [-0.1, -0.05) is 0 Å². The average Bonchev–Trinajstić information content (AvgIpc) is 3.16. The van der Waals surface area contributed by atoms with Crippen LogP contribution in [-0.4, -0.2) is 32.1 Å². The maximum atomic E-state index is 12.0. The molecule has 6 nitrogen and oxygen atoms in total. The first-order chi connectivity index (χ1) is 10.2. The fraction of sp³-hybridized carbons (Fsp3) is 0.286. The highest BCUT2D eigenvalue weighted by Gasteiger charge is 2.14. The van der Waals surface area contributed by atoms with Gasteiger partial charge in [0.25, 0.3) is 0 Å². The lowest BCUT2D eigenvalue weighted by Gasteiger charge is -2.05. The molecule has 0 radical (unpaired) electrons. The van der Waals surface area contributed by atoms with Gasteiger partial charge in [-0.25, -0.2) is 4.79 Å². The lowest BCUT2D eigenvalue weighted by Crippen LogP contribution is -2.36. The van der Waals surface area contributed by atoms with Crippen molar-refractivity contribution in [1.29, 1.82) is 0 Å². The SMILES string of the molecule is COCCNC(=O)NCc1ccc(C(=O)c2ccco2)s1. The summed E-state index contributed by atoms with van der Waals surface area (Å²) in [5, 5.41) is 5.37. The minimum absolute atomic E-state index is 0.152. The third kappa shape index (κ3) is 4.44. The van der Waals surface area contributed by atoms with Crippen LogP contribution >= 0.6 is 11.3 Å². The van der Waals surface area contributed by atoms with E-state index >= 15 is 0 Å². The molecule has 21 heavy (non-hydrogen) atoms. The number of nitrogens with one attached hydrogen (secondary N) is 2. The van der Waals surface area contributed by atoms with E-state index in [0.29, 0.717) is 30.3 Å². The Balaban J connectivity index is 1.83. The van der Waals surface area contributed by atoms with E-state index in [1.54, 1.807) is 25.3 Å². The number of amides is 2. The van der Waals surface area contributed by atoms with Crippen molar-refractivity contribution in [2.24, 2.45) is 0 Å². The summed E-state index contributed by atoms with van der Waals surface area (Å²) in [5.41, 5.74) is 0. The van der Waals surface area contributed by atoms with Crippen LogP contribution in [0.4, 0.5) is 4.79 Å². The van der Waals surface area contributed by atoms with Gasteiger partial charge in [-0.3, -0.25) is 4.79 Å². The zero-order valence-electron chi connectivity index (χ0n) is 11.5. The van der Waals surface area contributed by atoms with Crippen molar-refractivity contribution in [3.05, 3.63) is 46.0 Å². The molecule has 2 rings (SSSR count). The van der Waals surface area contributed by atoms with Crippen LogP contribution in [0.15, 0.2) is 34.9 Å². The second-order valence-electron chi connectivity index (χ2n) is 4.17. The van der Waals surface area contributed by atoms with Crippen LogP contribution < -0.4 is 10.6 Å². The number of urea groups is 1. The Bertz CT molecular complexity index is 592. The molecule has 0 saturated carbocycles. The molecule has 2 aromatic rings. The lowest BCUT2D eigenvalue weighted by atomic mass is 10.2. The van der Waals surface area contributed by atoms with Gasteiger partial charge in [0.1, 0.15) is 0 Å². The zero-order chi connectivity index (χ0) is 15.1. The van der Waals surface area contributed by atoms with Crippen molar-refractivity contribution in [3.8, 4) is 0 Å². The van der Waals surface area contributed by atoms with E-state index in [1.807, 2.05) is 6.07 Å². The highest BCUT2D eigenvalue weighted by atomic mass is 32.1. The van der Waals surface area contributed by atoms with E-state index < -0.39 is 0 Å². The van der Waals surface area contributed by atoms with Crippen LogP contribution in [-0.2, 0) is 11.3 Å². The van der Waals surface area contributed by atoms with Gasteiger partial charge < -0.3 is 19.8 Å². The molecule has 0 fully saturated rings. The Labute approximate surface area is 126 Å². The van der Waals surface area contributed by atoms with E-state index in [9.17, 15) is 9.59 Å². The molecule has 0 aliphatic carbocycles. The van der Waals surface area contributed by atoms with Gasteiger partial charge in [0, 0.05) is 18.5 Å². The Morgan fingerprint density at radius 1 is 1.29 bits per heavy atom. The predicted octanol–water partition coefficient (Wildman–Crippen LogP) is 2.02. The molecule has 0 unspecified atom stereocenters. The normalized spacial score (nSPS) is 10.3. The van der Waals surface area contributed by atoms with Gasteiger partial charge >= 0.3 is 6.03 Å². The second kappa shape index (κ2) is 7.61. The Kier molecular flexibility index (Phi) is 5.53. The summed E-state index contributed by atoms with van der Waals surface area (Å²) in [7, 11) is 1.57. The summed E-state index contributed by atoms with van der Waals surface area (Å²) in [4.78, 5) is 25.0. The van der Waals surface area contributed by atoms with Gasteiger partial charge in [0.2, 0.25) is 5.78 Å². The van der Waals surface area contributed by atoms with Crippen molar-refractivity contribution < 1.29 is 18.7 Å². The molecule has 0 aliphatic heterocycles. The summed E-state index contributed by atoms with van der Waals surface area (Å²) in [6, 6.07) is 6.59. The quantitative estimate of drug-likeness (QED) is 0.606. The Hall–Kier alpha value is -2.12. The number of carbonyl (C=O) groups excluding carboxylic acids is 2. The Morgan fingerprint density at radius 3 is 2.86 bits per heavy atom. The first-order valence-electron chi connectivity index (χ1n) is 6.38. The molecule has 112 valence electrons. The lowest BCUT2D eigenvalue weighted by molar-refractivity contribution is 0.101. The number of hydrogen-bond acceptors (Lipinski definition) is 5. The van der Waals surface area contributed by atoms with Crippen molar-refractivity contribution in [2.45, 2.75) is 6.54 Å². The fourth-order valence-corrected chi connectivity index (χ4v) is 2.51. The predicted molar refractivity (Wildman–Crippen MR) is 78.6 cm³/mol. The summed E-state index contributed by atoms with van der Waals surface area (Å²) in [6.07, 6.45) is 1.47. The van der Waals surface area contributed by atoms with E-state index in [1.165, 1.54) is 17.6 Å². The molecule has 2 heterocycles. The van der Waals surface area contributed by atoms with Crippen LogP contribution in [0.3, 0.4) is 0 Å². The van der Waals surface area contributed by atoms with Crippen molar-refractivity contribution in [1.82, 2.24) is 10.6 Å². The Morgan fingerprint density at radius 2 is 2.14 bits per heavy atom. The van der Waals surface area contributed by atoms with Crippen LogP contribution in [0.25, 0.3) is 0 Å². The third-order valence-electron chi connectivity index (χ3n) is 2.65. The van der Waals surface area contributed by atoms with E-state index in [4.69, 9.17) is 9.15 Å². The van der Waals surface area contributed by atoms with Crippen LogP contribution in [0.5, 0.6) is 0 Å². The summed E-state index contributed by atoms with van der Waals surface area (Å²) < 4.78 is 9.91. The van der Waals surface area contributed by atoms with Crippen LogP contribution in [0.2, 0.25) is 0 Å². The molecule has 0 spiro atoms. The molecule has 2 N–H and O–H groups in total. The molecule has 0 aliphatic rings. The molecule has 2 amide bonds. The van der Waals surface area contributed by atoms with Gasteiger partial charge in [0.15, 0.2) is 5.76 Å². The number of rotatable bonds is 7. The molecular weight excluding hydrogens is 292 g/mol. The molecule has 0 bridgehead atoms. The zero-order valence-corrected chi connectivity index (χ0v) is 12.4. The first-order valence-corrected chi connectivity index (χ1v) is 7.20. The summed E-state index contributed by atoms with van der Waals surface area (Å²) in [5.74, 6) is 0.162. The molecule has 0 saturated heterocycles. The summed E-state index contributed by atoms with van der Waals surface area (Å²) >= 11 is 1.33. The van der Waals surface area contributed by atoms with Crippen molar-refractivity contribution >= 4 is 23.2 Å². The van der Waals surface area contributed by atoms with Crippen LogP contribution in [0.1, 0.15) is 20.3 Å². The van der Waals surface area contributed by atoms with E-state index in [2.05, 4.69) is 10.6 Å². The molecule has 7 heteroatoms. The highest BCUT2D eigenvalue weighted by Crippen LogP contribution is 2.20. The minimum atomic E-state index is -0.264. The summed E-state index contributed by atoms with van der Waals surface area (Å²) in [6.45, 7) is 1.29. The van der Waals surface area contributed by atoms with Gasteiger partial charge in [-0.2, -0.15) is 0 Å². The number of thiophene rings is 1. The maximum Gasteiger partial charge on any atom is 0.315 e. The fourth-order valence-electron chi connectivity index (χ4n) is 1.62.